The van der Waals surface area contributed by atoms with Gasteiger partial charge in [-0.05, 0) is 0 Å². The molecule has 1 aliphatic rings. The van der Waals surface area contributed by atoms with Gasteiger partial charge in [-0.3, -0.25) is 0 Å². The Morgan fingerprint density at radius 3 is 3.27 bits per heavy atom. The van der Waals surface area contributed by atoms with Crippen molar-refractivity contribution in [3.63, 3.8) is 0 Å². The van der Waals surface area contributed by atoms with E-state index in [1.807, 2.05) is 0 Å². The highest BCUT2D eigenvalue weighted by Crippen LogP contribution is 2.11. The Hall–Kier alpha value is -0.720. The van der Waals surface area contributed by atoms with Gasteiger partial charge < -0.3 is 15.4 Å². The lowest BCUT2D eigenvalue weighted by molar-refractivity contribution is 0.0372. The quantitative estimate of drug-likeness (QED) is 0.786. The van der Waals surface area contributed by atoms with E-state index in [1.54, 1.807) is 0 Å². The molecule has 5 nitrogen and oxygen atoms in total. The highest BCUT2D eigenvalue weighted by Gasteiger charge is 2.13. The van der Waals surface area contributed by atoms with Gasteiger partial charge in [-0.25, -0.2) is 4.98 Å². The van der Waals surface area contributed by atoms with Crippen LogP contribution in [-0.4, -0.2) is 41.7 Å². The molecule has 1 saturated heterocycles. The fraction of sp³-hybridized carbons (Fsp3) is 0.778. The number of hydrogen-bond donors (Lipinski definition) is 2. The summed E-state index contributed by atoms with van der Waals surface area (Å²) in [7, 11) is 0. The van der Waals surface area contributed by atoms with E-state index >= 15 is 0 Å². The van der Waals surface area contributed by atoms with E-state index in [0.29, 0.717) is 0 Å². The van der Waals surface area contributed by atoms with Gasteiger partial charge in [0.1, 0.15) is 5.82 Å². The Kier molecular flexibility index (Phi) is 3.87. The summed E-state index contributed by atoms with van der Waals surface area (Å²) < 4.78 is 9.77. The van der Waals surface area contributed by atoms with Gasteiger partial charge in [0.25, 0.3) is 0 Å². The smallest absolute Gasteiger partial charge is 0.202 e. The van der Waals surface area contributed by atoms with Gasteiger partial charge in [-0.1, -0.05) is 6.92 Å². The summed E-state index contributed by atoms with van der Waals surface area (Å²) in [6, 6.07) is 0. The van der Waals surface area contributed by atoms with Crippen LogP contribution >= 0.6 is 11.5 Å². The Morgan fingerprint density at radius 2 is 2.60 bits per heavy atom. The van der Waals surface area contributed by atoms with E-state index in [-0.39, 0.29) is 6.10 Å². The number of ether oxygens (including phenoxy) is 1. The molecule has 2 rings (SSSR count). The number of aryl methyl sites for hydroxylation is 1. The Balaban J connectivity index is 1.76. The second kappa shape index (κ2) is 5.39. The van der Waals surface area contributed by atoms with Crippen LogP contribution in [0.4, 0.5) is 5.13 Å². The third-order valence-corrected chi connectivity index (χ3v) is 2.98. The second-order valence-electron chi connectivity index (χ2n) is 3.45. The second-order valence-corrected chi connectivity index (χ2v) is 4.20. The minimum Gasteiger partial charge on any atom is -0.374 e. The van der Waals surface area contributed by atoms with Crippen molar-refractivity contribution in [2.24, 2.45) is 0 Å². The molecule has 1 aromatic rings. The normalized spacial score (nSPS) is 21.5. The number of hydrogen-bond acceptors (Lipinski definition) is 6. The van der Waals surface area contributed by atoms with Gasteiger partial charge in [0.15, 0.2) is 0 Å². The van der Waals surface area contributed by atoms with Crippen molar-refractivity contribution in [1.82, 2.24) is 14.7 Å². The zero-order valence-corrected chi connectivity index (χ0v) is 9.64. The largest absolute Gasteiger partial charge is 0.374 e. The molecule has 1 fully saturated rings. The molecule has 0 aromatic carbocycles. The lowest BCUT2D eigenvalue weighted by Crippen LogP contribution is -2.42. The van der Waals surface area contributed by atoms with Gasteiger partial charge in [-0.15, -0.1) is 0 Å². The van der Waals surface area contributed by atoms with Crippen molar-refractivity contribution in [2.75, 3.05) is 31.6 Å². The predicted molar refractivity (Wildman–Crippen MR) is 60.4 cm³/mol. The molecule has 0 amide bonds. The molecule has 0 spiro atoms. The molecule has 6 heteroatoms. The van der Waals surface area contributed by atoms with Crippen molar-refractivity contribution in [1.29, 1.82) is 0 Å². The molecule has 84 valence electrons. The molecular weight excluding hydrogens is 212 g/mol. The number of anilines is 1. The highest BCUT2D eigenvalue weighted by molar-refractivity contribution is 7.09. The van der Waals surface area contributed by atoms with Gasteiger partial charge in [0.2, 0.25) is 5.13 Å². The molecule has 0 radical (unpaired) electrons. The van der Waals surface area contributed by atoms with Crippen molar-refractivity contribution in [2.45, 2.75) is 19.4 Å². The third kappa shape index (κ3) is 3.12. The number of nitrogens with zero attached hydrogens (tertiary/aromatic N) is 2. The lowest BCUT2D eigenvalue weighted by Gasteiger charge is -2.23. The van der Waals surface area contributed by atoms with Crippen LogP contribution in [0.5, 0.6) is 0 Å². The predicted octanol–water partition coefficient (Wildman–Crippen LogP) is 0.501. The lowest BCUT2D eigenvalue weighted by atomic mass is 10.3. The number of morpholine rings is 1. The minimum atomic E-state index is 0.243. The number of nitrogens with one attached hydrogen (secondary N) is 2. The Bertz CT molecular complexity index is 298. The topological polar surface area (TPSA) is 59.1 Å². The summed E-state index contributed by atoms with van der Waals surface area (Å²) in [5, 5.41) is 7.43. The van der Waals surface area contributed by atoms with Crippen LogP contribution in [0, 0.1) is 0 Å². The van der Waals surface area contributed by atoms with Gasteiger partial charge >= 0.3 is 0 Å². The number of rotatable bonds is 4. The molecule has 1 unspecified atom stereocenters. The van der Waals surface area contributed by atoms with Gasteiger partial charge in [0.05, 0.1) is 12.7 Å². The van der Waals surface area contributed by atoms with E-state index in [0.717, 1.165) is 43.6 Å². The Morgan fingerprint density at radius 1 is 1.67 bits per heavy atom. The molecular formula is C9H16N4OS. The van der Waals surface area contributed by atoms with Crippen LogP contribution in [0.25, 0.3) is 0 Å². The van der Waals surface area contributed by atoms with E-state index in [4.69, 9.17) is 4.74 Å². The van der Waals surface area contributed by atoms with E-state index in [1.165, 1.54) is 11.5 Å². The molecule has 2 N–H and O–H groups in total. The summed E-state index contributed by atoms with van der Waals surface area (Å²) in [5.74, 6) is 0.908. The van der Waals surface area contributed by atoms with Crippen LogP contribution in [0.1, 0.15) is 12.7 Å². The average molecular weight is 228 g/mol. The molecule has 1 aromatic heterocycles. The molecule has 0 bridgehead atoms. The third-order valence-electron chi connectivity index (χ3n) is 2.27. The maximum Gasteiger partial charge on any atom is 0.202 e. The fourth-order valence-corrected chi connectivity index (χ4v) is 2.08. The van der Waals surface area contributed by atoms with Crippen LogP contribution < -0.4 is 10.6 Å². The molecule has 0 aliphatic carbocycles. The molecule has 1 aliphatic heterocycles. The van der Waals surface area contributed by atoms with Gasteiger partial charge in [-0.2, -0.15) is 4.37 Å². The van der Waals surface area contributed by atoms with E-state index in [2.05, 4.69) is 26.9 Å². The summed E-state index contributed by atoms with van der Waals surface area (Å²) in [5.41, 5.74) is 0. The summed E-state index contributed by atoms with van der Waals surface area (Å²) in [6.07, 6.45) is 1.13. The standard InChI is InChI=1S/C9H16N4OS/c1-2-8-12-9(15-13-8)11-6-7-5-10-3-4-14-7/h7,10H,2-6H2,1H3,(H,11,12,13). The van der Waals surface area contributed by atoms with Crippen molar-refractivity contribution in [3.8, 4) is 0 Å². The monoisotopic (exact) mass is 228 g/mol. The van der Waals surface area contributed by atoms with Crippen LogP contribution in [0.3, 0.4) is 0 Å². The maximum atomic E-state index is 5.56. The first kappa shape index (κ1) is 10.8. The zero-order chi connectivity index (χ0) is 10.5. The van der Waals surface area contributed by atoms with E-state index in [9.17, 15) is 0 Å². The minimum absolute atomic E-state index is 0.243. The maximum absolute atomic E-state index is 5.56. The van der Waals surface area contributed by atoms with Crippen LogP contribution in [0.15, 0.2) is 0 Å². The first-order chi connectivity index (χ1) is 7.38. The first-order valence-corrected chi connectivity index (χ1v) is 6.04. The average Bonchev–Trinajstić information content (AvgIpc) is 2.76. The first-order valence-electron chi connectivity index (χ1n) is 5.27. The zero-order valence-electron chi connectivity index (χ0n) is 8.82. The molecule has 1 atom stereocenters. The van der Waals surface area contributed by atoms with Crippen LogP contribution in [0.2, 0.25) is 0 Å². The van der Waals surface area contributed by atoms with Crippen molar-refractivity contribution in [3.05, 3.63) is 5.82 Å². The molecule has 2 heterocycles. The molecule has 15 heavy (non-hydrogen) atoms. The number of aromatic nitrogens is 2. The van der Waals surface area contributed by atoms with Crippen molar-refractivity contribution < 1.29 is 4.74 Å². The van der Waals surface area contributed by atoms with Crippen molar-refractivity contribution >= 4 is 16.7 Å². The summed E-state index contributed by atoms with van der Waals surface area (Å²) in [6.45, 7) is 5.51. The summed E-state index contributed by atoms with van der Waals surface area (Å²) in [4.78, 5) is 4.33. The SMILES string of the molecule is CCc1nsc(NCC2CNCCO2)n1. The van der Waals surface area contributed by atoms with E-state index < -0.39 is 0 Å². The van der Waals surface area contributed by atoms with Gasteiger partial charge in [0, 0.05) is 37.6 Å². The van der Waals surface area contributed by atoms with Crippen LogP contribution in [-0.2, 0) is 11.2 Å². The molecule has 0 saturated carbocycles. The summed E-state index contributed by atoms with van der Waals surface area (Å²) >= 11 is 1.41. The Labute approximate surface area is 93.4 Å². The fourth-order valence-electron chi connectivity index (χ4n) is 1.42. The highest BCUT2D eigenvalue weighted by atomic mass is 32.1.